The Bertz CT molecular complexity index is 1260. The molecule has 7 heteroatoms. The molecule has 174 valence electrons. The van der Waals surface area contributed by atoms with Crippen LogP contribution in [-0.2, 0) is 16.0 Å². The molecule has 0 saturated carbocycles. The lowest BCUT2D eigenvalue weighted by atomic mass is 10.0. The summed E-state index contributed by atoms with van der Waals surface area (Å²) in [6.45, 7) is 2.05. The molecule has 4 rings (SSSR count). The number of anilines is 2. The van der Waals surface area contributed by atoms with Gasteiger partial charge in [-0.3, -0.25) is 9.59 Å². The molecule has 1 heterocycles. The number of para-hydroxylation sites is 1. The average Bonchev–Trinajstić information content (AvgIpc) is 3.12. The van der Waals surface area contributed by atoms with Crippen LogP contribution in [0.3, 0.4) is 0 Å². The van der Waals surface area contributed by atoms with Crippen molar-refractivity contribution in [2.75, 3.05) is 31.5 Å². The first-order valence-corrected chi connectivity index (χ1v) is 10.9. The van der Waals surface area contributed by atoms with Crippen molar-refractivity contribution in [1.82, 2.24) is 0 Å². The molecule has 0 fully saturated rings. The van der Waals surface area contributed by atoms with E-state index in [1.165, 1.54) is 19.1 Å². The second-order valence-electron chi connectivity index (χ2n) is 7.61. The van der Waals surface area contributed by atoms with Crippen molar-refractivity contribution < 1.29 is 23.8 Å². The van der Waals surface area contributed by atoms with E-state index in [0.717, 1.165) is 12.0 Å². The van der Waals surface area contributed by atoms with Crippen LogP contribution in [0.2, 0.25) is 0 Å². The fourth-order valence-electron chi connectivity index (χ4n) is 3.91. The highest BCUT2D eigenvalue weighted by atomic mass is 16.5. The highest BCUT2D eigenvalue weighted by Gasteiger charge is 2.41. The van der Waals surface area contributed by atoms with Crippen molar-refractivity contribution in [2.24, 2.45) is 0 Å². The smallest absolute Gasteiger partial charge is 0.282 e. The van der Waals surface area contributed by atoms with Crippen LogP contribution < -0.4 is 24.4 Å². The molecule has 0 aromatic heterocycles. The number of carbonyl (C=O) groups excluding carboxylic acids is 2. The third-order valence-electron chi connectivity index (χ3n) is 5.73. The van der Waals surface area contributed by atoms with Crippen LogP contribution in [0.1, 0.15) is 18.1 Å². The average molecular weight is 459 g/mol. The Balaban J connectivity index is 1.87. The molecule has 3 aromatic carbocycles. The number of nitrogens with zero attached hydrogens (tertiary/aromatic N) is 1. The number of rotatable bonds is 8. The number of nitrogens with one attached hydrogen (secondary N) is 1. The van der Waals surface area contributed by atoms with Crippen LogP contribution in [-0.4, -0.2) is 33.1 Å². The lowest BCUT2D eigenvalue weighted by molar-refractivity contribution is -0.120. The lowest BCUT2D eigenvalue weighted by Gasteiger charge is -2.16. The van der Waals surface area contributed by atoms with Crippen LogP contribution in [0.4, 0.5) is 11.4 Å². The third-order valence-corrected chi connectivity index (χ3v) is 5.73. The molecule has 1 aliphatic heterocycles. The van der Waals surface area contributed by atoms with Gasteiger partial charge in [0.15, 0.2) is 0 Å². The SMILES string of the molecule is CCc1ccc(N2C(=O)C(Nc3cc(OC)ccc3OC)=C(c3ccccc3OC)C2=O)cc1. The molecular formula is C27H26N2O5. The van der Waals surface area contributed by atoms with Gasteiger partial charge in [0.25, 0.3) is 11.8 Å². The van der Waals surface area contributed by atoms with E-state index < -0.39 is 11.8 Å². The Morgan fingerprint density at radius 3 is 2.15 bits per heavy atom. The van der Waals surface area contributed by atoms with Gasteiger partial charge in [0.2, 0.25) is 0 Å². The highest BCUT2D eigenvalue weighted by Crippen LogP contribution is 2.39. The fraction of sp³-hybridized carbons (Fsp3) is 0.185. The highest BCUT2D eigenvalue weighted by molar-refractivity contribution is 6.46. The minimum absolute atomic E-state index is 0.126. The van der Waals surface area contributed by atoms with E-state index in [1.54, 1.807) is 55.6 Å². The summed E-state index contributed by atoms with van der Waals surface area (Å²) in [4.78, 5) is 28.6. The van der Waals surface area contributed by atoms with Gasteiger partial charge < -0.3 is 19.5 Å². The zero-order chi connectivity index (χ0) is 24.2. The number of hydrogen-bond acceptors (Lipinski definition) is 6. The number of methoxy groups -OCH3 is 3. The standard InChI is InChI=1S/C27H26N2O5/c1-5-17-10-12-18(13-11-17)29-26(30)24(20-8-6-7-9-22(20)33-3)25(27(29)31)28-21-16-19(32-2)14-15-23(21)34-4/h6-16,28H,5H2,1-4H3. The zero-order valence-corrected chi connectivity index (χ0v) is 19.5. The van der Waals surface area contributed by atoms with E-state index in [1.807, 2.05) is 25.1 Å². The van der Waals surface area contributed by atoms with Gasteiger partial charge in [-0.25, -0.2) is 4.90 Å². The number of aryl methyl sites for hydroxylation is 1. The predicted molar refractivity (Wildman–Crippen MR) is 131 cm³/mol. The van der Waals surface area contributed by atoms with Gasteiger partial charge in [-0.15, -0.1) is 0 Å². The zero-order valence-electron chi connectivity index (χ0n) is 19.5. The van der Waals surface area contributed by atoms with Gasteiger partial charge in [-0.1, -0.05) is 37.3 Å². The molecule has 7 nitrogen and oxygen atoms in total. The molecule has 2 amide bonds. The van der Waals surface area contributed by atoms with E-state index in [4.69, 9.17) is 14.2 Å². The van der Waals surface area contributed by atoms with Gasteiger partial charge in [0.05, 0.1) is 38.3 Å². The van der Waals surface area contributed by atoms with Crippen molar-refractivity contribution in [3.05, 3.63) is 83.6 Å². The summed E-state index contributed by atoms with van der Waals surface area (Å²) in [6, 6.07) is 19.7. The summed E-state index contributed by atoms with van der Waals surface area (Å²) < 4.78 is 16.3. The third kappa shape index (κ3) is 4.08. The maximum atomic E-state index is 13.7. The van der Waals surface area contributed by atoms with E-state index in [-0.39, 0.29) is 11.3 Å². The number of hydrogen-bond donors (Lipinski definition) is 1. The van der Waals surface area contributed by atoms with Crippen molar-refractivity contribution in [3.8, 4) is 17.2 Å². The normalized spacial score (nSPS) is 13.4. The molecule has 1 N–H and O–H groups in total. The van der Waals surface area contributed by atoms with Gasteiger partial charge in [0.1, 0.15) is 22.9 Å². The van der Waals surface area contributed by atoms with Crippen LogP contribution >= 0.6 is 0 Å². The van der Waals surface area contributed by atoms with Crippen molar-refractivity contribution in [1.29, 1.82) is 0 Å². The number of imide groups is 1. The topological polar surface area (TPSA) is 77.1 Å². The van der Waals surface area contributed by atoms with Crippen molar-refractivity contribution in [3.63, 3.8) is 0 Å². The Kier molecular flexibility index (Phi) is 6.54. The van der Waals surface area contributed by atoms with E-state index >= 15 is 0 Å². The minimum atomic E-state index is -0.472. The maximum Gasteiger partial charge on any atom is 0.282 e. The molecule has 0 aliphatic carbocycles. The lowest BCUT2D eigenvalue weighted by Crippen LogP contribution is -2.32. The number of benzene rings is 3. The van der Waals surface area contributed by atoms with Crippen molar-refractivity contribution >= 4 is 28.8 Å². The Hall–Kier alpha value is -4.26. The van der Waals surface area contributed by atoms with Crippen LogP contribution in [0, 0.1) is 0 Å². The van der Waals surface area contributed by atoms with Gasteiger partial charge in [-0.2, -0.15) is 0 Å². The Morgan fingerprint density at radius 2 is 1.50 bits per heavy atom. The van der Waals surface area contributed by atoms with Gasteiger partial charge in [0, 0.05) is 11.6 Å². The second-order valence-corrected chi connectivity index (χ2v) is 7.61. The summed E-state index contributed by atoms with van der Waals surface area (Å²) >= 11 is 0. The molecule has 0 bridgehead atoms. The molecule has 0 radical (unpaired) electrons. The van der Waals surface area contributed by atoms with E-state index in [9.17, 15) is 9.59 Å². The van der Waals surface area contributed by atoms with Crippen LogP contribution in [0.15, 0.2) is 72.4 Å². The summed E-state index contributed by atoms with van der Waals surface area (Å²) in [7, 11) is 4.61. The predicted octanol–water partition coefficient (Wildman–Crippen LogP) is 4.67. The summed E-state index contributed by atoms with van der Waals surface area (Å²) in [5.41, 5.74) is 2.95. The quantitative estimate of drug-likeness (QED) is 0.495. The monoisotopic (exact) mass is 458 g/mol. The molecule has 3 aromatic rings. The summed E-state index contributed by atoms with van der Waals surface area (Å²) in [6.07, 6.45) is 0.856. The molecule has 0 atom stereocenters. The minimum Gasteiger partial charge on any atom is -0.497 e. The first kappa shape index (κ1) is 22.9. The molecule has 0 unspecified atom stereocenters. The number of carbonyl (C=O) groups is 2. The molecular weight excluding hydrogens is 432 g/mol. The van der Waals surface area contributed by atoms with E-state index in [0.29, 0.717) is 34.2 Å². The molecule has 0 spiro atoms. The Morgan fingerprint density at radius 1 is 0.794 bits per heavy atom. The van der Waals surface area contributed by atoms with Gasteiger partial charge in [-0.05, 0) is 42.3 Å². The summed E-state index contributed by atoms with van der Waals surface area (Å²) in [5.74, 6) is 0.645. The fourth-order valence-corrected chi connectivity index (χ4v) is 3.91. The van der Waals surface area contributed by atoms with Gasteiger partial charge >= 0.3 is 0 Å². The first-order chi connectivity index (χ1) is 16.5. The summed E-state index contributed by atoms with van der Waals surface area (Å²) in [5, 5.41) is 3.14. The molecule has 34 heavy (non-hydrogen) atoms. The molecule has 1 aliphatic rings. The number of ether oxygens (including phenoxy) is 3. The Labute approximate surface area is 198 Å². The maximum absolute atomic E-state index is 13.7. The van der Waals surface area contributed by atoms with Crippen LogP contribution in [0.25, 0.3) is 5.57 Å². The number of amides is 2. The largest absolute Gasteiger partial charge is 0.497 e. The first-order valence-electron chi connectivity index (χ1n) is 10.9. The van der Waals surface area contributed by atoms with Crippen molar-refractivity contribution in [2.45, 2.75) is 13.3 Å². The second kappa shape index (κ2) is 9.70. The van der Waals surface area contributed by atoms with E-state index in [2.05, 4.69) is 5.32 Å². The molecule has 0 saturated heterocycles. The van der Waals surface area contributed by atoms with Crippen LogP contribution in [0.5, 0.6) is 17.2 Å².